The van der Waals surface area contributed by atoms with Crippen molar-refractivity contribution in [3.8, 4) is 5.75 Å². The summed E-state index contributed by atoms with van der Waals surface area (Å²) in [6, 6.07) is 15.5. The highest BCUT2D eigenvalue weighted by molar-refractivity contribution is 7.78. The van der Waals surface area contributed by atoms with Gasteiger partial charge in [-0.1, -0.05) is 55.3 Å². The van der Waals surface area contributed by atoms with Gasteiger partial charge in [0.15, 0.2) is 0 Å². The van der Waals surface area contributed by atoms with Gasteiger partial charge < -0.3 is 19.7 Å². The summed E-state index contributed by atoms with van der Waals surface area (Å²) in [4.78, 5) is 55.5. The first-order chi connectivity index (χ1) is 19.8. The summed E-state index contributed by atoms with van der Waals surface area (Å²) >= 11 is 4.48. The van der Waals surface area contributed by atoms with Crippen molar-refractivity contribution in [1.82, 2.24) is 14.5 Å². The summed E-state index contributed by atoms with van der Waals surface area (Å²) in [5.41, 5.74) is 0.859. The predicted molar refractivity (Wildman–Crippen MR) is 155 cm³/mol. The monoisotopic (exact) mass is 579 g/mol. The minimum atomic E-state index is -1.09. The molecule has 4 atom stereocenters. The number of ether oxygens (including phenoxy) is 2. The maximum absolute atomic E-state index is 14.2. The zero-order valence-electron chi connectivity index (χ0n) is 23.3. The molecule has 1 saturated carbocycles. The Kier molecular flexibility index (Phi) is 8.87. The van der Waals surface area contributed by atoms with E-state index in [4.69, 9.17) is 9.47 Å². The second-order valence-corrected chi connectivity index (χ2v) is 11.4. The van der Waals surface area contributed by atoms with Crippen molar-refractivity contribution in [2.45, 2.75) is 74.9 Å². The minimum Gasteiger partial charge on any atom is -0.494 e. The molecule has 2 aromatic rings. The van der Waals surface area contributed by atoms with E-state index in [2.05, 4.69) is 18.1 Å². The molecule has 9 nitrogen and oxygen atoms in total. The van der Waals surface area contributed by atoms with E-state index in [-0.39, 0.29) is 17.7 Å². The van der Waals surface area contributed by atoms with Gasteiger partial charge in [-0.25, -0.2) is 4.79 Å². The number of rotatable bonds is 5. The molecule has 2 heterocycles. The Morgan fingerprint density at radius 2 is 1.90 bits per heavy atom. The van der Waals surface area contributed by atoms with Crippen LogP contribution in [0.1, 0.15) is 62.0 Å². The van der Waals surface area contributed by atoms with Crippen molar-refractivity contribution < 1.29 is 28.7 Å². The summed E-state index contributed by atoms with van der Waals surface area (Å²) < 4.78 is 12.1. The van der Waals surface area contributed by atoms with Crippen molar-refractivity contribution in [2.75, 3.05) is 20.3 Å². The molecular weight excluding hydrogens is 542 g/mol. The lowest BCUT2D eigenvalue weighted by atomic mass is 10.0. The Morgan fingerprint density at radius 1 is 1.10 bits per heavy atom. The van der Waals surface area contributed by atoms with Crippen LogP contribution in [0.3, 0.4) is 0 Å². The van der Waals surface area contributed by atoms with E-state index in [0.29, 0.717) is 70.3 Å². The van der Waals surface area contributed by atoms with Crippen LogP contribution in [-0.2, 0) is 30.3 Å². The van der Waals surface area contributed by atoms with Gasteiger partial charge in [0.05, 0.1) is 13.7 Å². The summed E-state index contributed by atoms with van der Waals surface area (Å²) in [5.74, 6) is -1.01. The molecule has 2 aliphatic heterocycles. The smallest absolute Gasteiger partial charge is 0.329 e. The quantitative estimate of drug-likeness (QED) is 0.416. The van der Waals surface area contributed by atoms with Crippen LogP contribution in [0.2, 0.25) is 0 Å². The van der Waals surface area contributed by atoms with Crippen LogP contribution >= 0.6 is 12.8 Å². The molecule has 10 heteroatoms. The fourth-order valence-electron chi connectivity index (χ4n) is 6.12. The third-order valence-electron chi connectivity index (χ3n) is 8.44. The summed E-state index contributed by atoms with van der Waals surface area (Å²) in [6.45, 7) is 0.920. The van der Waals surface area contributed by atoms with E-state index in [1.807, 2.05) is 54.6 Å². The van der Waals surface area contributed by atoms with Crippen LogP contribution in [0, 0.1) is 0 Å². The number of carbonyl (C=O) groups excluding carboxylic acids is 4. The zero-order valence-corrected chi connectivity index (χ0v) is 24.2. The van der Waals surface area contributed by atoms with Gasteiger partial charge in [-0.05, 0) is 68.2 Å². The van der Waals surface area contributed by atoms with Crippen LogP contribution in [-0.4, -0.2) is 70.8 Å². The molecule has 0 spiro atoms. The number of esters is 1. The number of benzene rings is 2. The molecule has 1 aliphatic carbocycles. The molecule has 5 rings (SSSR count). The molecule has 2 fully saturated rings. The van der Waals surface area contributed by atoms with Crippen molar-refractivity contribution >= 4 is 36.5 Å². The molecule has 41 heavy (non-hydrogen) atoms. The number of likely N-dealkylation sites (tertiary alicyclic amines) is 1. The highest BCUT2D eigenvalue weighted by atomic mass is 32.1. The van der Waals surface area contributed by atoms with Crippen LogP contribution < -0.4 is 10.1 Å². The molecule has 1 N–H and O–H groups in total. The molecule has 0 radical (unpaired) electrons. The summed E-state index contributed by atoms with van der Waals surface area (Å²) in [6.07, 6.45) is 3.98. The van der Waals surface area contributed by atoms with Gasteiger partial charge in [-0.3, -0.25) is 18.7 Å². The molecule has 3 aliphatic rings. The third kappa shape index (κ3) is 6.07. The van der Waals surface area contributed by atoms with Crippen LogP contribution in [0.4, 0.5) is 0 Å². The maximum Gasteiger partial charge on any atom is 0.329 e. The van der Waals surface area contributed by atoms with E-state index >= 15 is 0 Å². The highest BCUT2D eigenvalue weighted by Crippen LogP contribution is 2.57. The lowest BCUT2D eigenvalue weighted by Crippen LogP contribution is -2.57. The molecule has 3 unspecified atom stereocenters. The van der Waals surface area contributed by atoms with Gasteiger partial charge in [0.2, 0.25) is 11.8 Å². The number of nitrogens with zero attached hydrogens (tertiary/aromatic N) is 2. The van der Waals surface area contributed by atoms with Crippen molar-refractivity contribution in [2.24, 2.45) is 0 Å². The molecular formula is C31H37N3O6S. The van der Waals surface area contributed by atoms with Gasteiger partial charge in [0, 0.05) is 18.9 Å². The molecule has 1 saturated heterocycles. The van der Waals surface area contributed by atoms with Crippen LogP contribution in [0.15, 0.2) is 54.6 Å². The Morgan fingerprint density at radius 3 is 2.63 bits per heavy atom. The Balaban J connectivity index is 1.50. The second-order valence-electron chi connectivity index (χ2n) is 11.0. The number of carbonyl (C=O) groups is 4. The van der Waals surface area contributed by atoms with Crippen LogP contribution in [0.5, 0.6) is 5.75 Å². The van der Waals surface area contributed by atoms with E-state index in [9.17, 15) is 19.2 Å². The van der Waals surface area contributed by atoms with E-state index in [1.165, 1.54) is 7.11 Å². The number of hydrogen-bond donors (Lipinski definition) is 2. The second kappa shape index (κ2) is 12.5. The standard InChI is InChI=1S/C31H37N3O6S/c1-39-29(37)26-13-5-6-18-40-23-12-7-11-22(19-23)24-20-31(24,33-17-8-14-27(33)35)30(38)32-25(28(36)34(26)41)16-15-21-9-3-2-4-10-21/h2-4,7,9-12,19,24-26,41H,5-6,8,13-18,20H2,1H3,(H,32,38)/t24?,25-,26?,31?/m0/s1. The number of thiol groups is 1. The Labute approximate surface area is 246 Å². The van der Waals surface area contributed by atoms with Gasteiger partial charge in [-0.15, -0.1) is 0 Å². The average molecular weight is 580 g/mol. The van der Waals surface area contributed by atoms with E-state index in [0.717, 1.165) is 15.4 Å². The van der Waals surface area contributed by atoms with Gasteiger partial charge in [0.1, 0.15) is 23.4 Å². The fraction of sp³-hybridized carbons (Fsp3) is 0.484. The Hall–Kier alpha value is -3.53. The van der Waals surface area contributed by atoms with Crippen molar-refractivity contribution in [3.63, 3.8) is 0 Å². The normalized spacial score (nSPS) is 27.1. The largest absolute Gasteiger partial charge is 0.494 e. The summed E-state index contributed by atoms with van der Waals surface area (Å²) in [5, 5.41) is 3.01. The SMILES string of the molecule is COC(=O)C1CCCCOc2cccc(c2)C2CC2(N2CCCC2=O)C(=O)N[C@@H](CCc2ccccc2)C(=O)N1S. The lowest BCUT2D eigenvalue weighted by Gasteiger charge is -2.32. The zero-order chi connectivity index (χ0) is 29.0. The third-order valence-corrected chi connectivity index (χ3v) is 8.92. The first-order valence-electron chi connectivity index (χ1n) is 14.3. The molecule has 3 amide bonds. The van der Waals surface area contributed by atoms with Gasteiger partial charge in [0.25, 0.3) is 5.91 Å². The summed E-state index contributed by atoms with van der Waals surface area (Å²) in [7, 11) is 1.28. The number of fused-ring (bicyclic) bond motifs is 4. The number of aryl methyl sites for hydroxylation is 1. The maximum atomic E-state index is 14.2. The molecule has 2 aromatic carbocycles. The fourth-order valence-corrected chi connectivity index (χ4v) is 6.47. The molecule has 2 bridgehead atoms. The lowest BCUT2D eigenvalue weighted by molar-refractivity contribution is -0.150. The highest BCUT2D eigenvalue weighted by Gasteiger charge is 2.66. The molecule has 218 valence electrons. The van der Waals surface area contributed by atoms with Crippen molar-refractivity contribution in [3.05, 3.63) is 65.7 Å². The first-order valence-corrected chi connectivity index (χ1v) is 14.7. The molecule has 0 aromatic heterocycles. The predicted octanol–water partition coefficient (Wildman–Crippen LogP) is 3.43. The topological polar surface area (TPSA) is 105 Å². The van der Waals surface area contributed by atoms with Crippen molar-refractivity contribution in [1.29, 1.82) is 0 Å². The average Bonchev–Trinajstić information content (AvgIpc) is 3.61. The number of amides is 3. The van der Waals surface area contributed by atoms with E-state index < -0.39 is 29.5 Å². The Bertz CT molecular complexity index is 1290. The first kappa shape index (κ1) is 29.0. The number of nitrogens with one attached hydrogen (secondary N) is 1. The van der Waals surface area contributed by atoms with E-state index in [1.54, 1.807) is 4.90 Å². The minimum absolute atomic E-state index is 0.0572. The number of methoxy groups -OCH3 is 1. The van der Waals surface area contributed by atoms with Gasteiger partial charge >= 0.3 is 5.97 Å². The number of hydrogen-bond acceptors (Lipinski definition) is 7. The van der Waals surface area contributed by atoms with Crippen LogP contribution in [0.25, 0.3) is 0 Å². The van der Waals surface area contributed by atoms with Gasteiger partial charge in [-0.2, -0.15) is 0 Å².